The molecule has 1 aliphatic heterocycles. The zero-order chi connectivity index (χ0) is 24.6. The second-order valence-electron chi connectivity index (χ2n) is 7.65. The largest absolute Gasteiger partial charge is 0.468 e. The number of carbonyl (C=O) groups is 3. The van der Waals surface area contributed by atoms with Gasteiger partial charge in [0.05, 0.1) is 17.5 Å². The first-order chi connectivity index (χ1) is 16.2. The van der Waals surface area contributed by atoms with Gasteiger partial charge in [0.2, 0.25) is 10.0 Å². The topological polar surface area (TPSA) is 120 Å². The average Bonchev–Trinajstić information content (AvgIpc) is 2.83. The number of aromatic nitrogens is 1. The molecule has 3 aromatic rings. The minimum atomic E-state index is -4.05. The predicted molar refractivity (Wildman–Crippen MR) is 124 cm³/mol. The highest BCUT2D eigenvalue weighted by Crippen LogP contribution is 2.29. The van der Waals surface area contributed by atoms with Crippen LogP contribution in [0.5, 0.6) is 0 Å². The number of Topliss-reactive ketones (excluding diaryl/α,β-unsaturated/α-hetero) is 1. The quantitative estimate of drug-likeness (QED) is 0.309. The van der Waals surface area contributed by atoms with Gasteiger partial charge in [-0.3, -0.25) is 23.7 Å². The molecule has 0 N–H and O–H groups in total. The summed E-state index contributed by atoms with van der Waals surface area (Å²) in [6.07, 6.45) is 2.23. The molecular formula is C24H20N2O7S. The maximum Gasteiger partial charge on any atom is 0.325 e. The fourth-order valence-electron chi connectivity index (χ4n) is 3.89. The van der Waals surface area contributed by atoms with Crippen molar-refractivity contribution in [3.63, 3.8) is 0 Å². The molecule has 0 bridgehead atoms. The number of ketones is 2. The molecule has 4 rings (SSSR count). The number of rotatable bonds is 5. The lowest BCUT2D eigenvalue weighted by molar-refractivity contribution is -0.141. The lowest BCUT2D eigenvalue weighted by Crippen LogP contribution is -2.50. The molecule has 1 unspecified atom stereocenters. The number of ether oxygens (including phenoxy) is 1. The Balaban J connectivity index is 1.75. The van der Waals surface area contributed by atoms with E-state index in [0.717, 1.165) is 10.4 Å². The molecule has 10 heteroatoms. The predicted octanol–water partition coefficient (Wildman–Crippen LogP) is 1.64. The molecule has 2 aromatic carbocycles. The van der Waals surface area contributed by atoms with Gasteiger partial charge in [0.25, 0.3) is 5.56 Å². The summed E-state index contributed by atoms with van der Waals surface area (Å²) in [5.41, 5.74) is -0.00989. The van der Waals surface area contributed by atoms with Crippen molar-refractivity contribution >= 4 is 44.5 Å². The summed E-state index contributed by atoms with van der Waals surface area (Å²) >= 11 is 0. The van der Waals surface area contributed by atoms with Gasteiger partial charge < -0.3 is 4.74 Å². The van der Waals surface area contributed by atoms with Crippen LogP contribution < -0.4 is 5.56 Å². The summed E-state index contributed by atoms with van der Waals surface area (Å²) in [4.78, 5) is 50.6. The zero-order valence-electron chi connectivity index (χ0n) is 18.3. The van der Waals surface area contributed by atoms with Crippen LogP contribution in [0.25, 0.3) is 17.0 Å². The van der Waals surface area contributed by atoms with Crippen LogP contribution in [-0.4, -0.2) is 55.0 Å². The molecular weight excluding hydrogens is 460 g/mol. The summed E-state index contributed by atoms with van der Waals surface area (Å²) < 4.78 is 32.3. The molecule has 174 valence electrons. The highest BCUT2D eigenvalue weighted by Gasteiger charge is 2.44. The standard InChI is InChI=1S/C24H20N2O7S/c1-25-22(23(29)17-8-4-6-10-20(17)34(25,31)32)19(27)12-11-16-13-15-7-3-5-9-18(15)26(24(16)30)14-21(28)33-2/h3-13,22H,14H2,1-2H3/b12-11+. The van der Waals surface area contributed by atoms with E-state index in [1.807, 2.05) is 0 Å². The number of pyridine rings is 1. The van der Waals surface area contributed by atoms with Gasteiger partial charge >= 0.3 is 5.97 Å². The molecule has 1 aromatic heterocycles. The number of hydrogen-bond acceptors (Lipinski definition) is 7. The Bertz CT molecular complexity index is 1540. The van der Waals surface area contributed by atoms with E-state index in [0.29, 0.717) is 10.9 Å². The van der Waals surface area contributed by atoms with Gasteiger partial charge in [0, 0.05) is 18.2 Å². The van der Waals surface area contributed by atoms with E-state index in [4.69, 9.17) is 0 Å². The first-order valence-corrected chi connectivity index (χ1v) is 11.6. The molecule has 2 heterocycles. The smallest absolute Gasteiger partial charge is 0.325 e. The highest BCUT2D eigenvalue weighted by molar-refractivity contribution is 7.89. The van der Waals surface area contributed by atoms with Gasteiger partial charge in [-0.25, -0.2) is 8.42 Å². The molecule has 0 amide bonds. The fraction of sp³-hybridized carbons (Fsp3) is 0.167. The van der Waals surface area contributed by atoms with E-state index in [1.165, 1.54) is 49.1 Å². The lowest BCUT2D eigenvalue weighted by atomic mass is 9.99. The molecule has 0 fully saturated rings. The SMILES string of the molecule is COC(=O)Cn1c(=O)c(/C=C/C(=O)C2C(=O)c3ccccc3S(=O)(=O)N2C)cc2ccccc21. The second-order valence-corrected chi connectivity index (χ2v) is 9.61. The summed E-state index contributed by atoms with van der Waals surface area (Å²) in [6, 6.07) is 12.5. The van der Waals surface area contributed by atoms with Crippen molar-refractivity contribution in [3.05, 3.63) is 82.2 Å². The Kier molecular flexibility index (Phi) is 6.03. The number of hydrogen-bond donors (Lipinski definition) is 0. The Hall–Kier alpha value is -3.89. The van der Waals surface area contributed by atoms with Crippen molar-refractivity contribution in [1.29, 1.82) is 0 Å². The maximum atomic E-state index is 13.0. The van der Waals surface area contributed by atoms with E-state index in [9.17, 15) is 27.6 Å². The van der Waals surface area contributed by atoms with Crippen LogP contribution in [0.1, 0.15) is 15.9 Å². The van der Waals surface area contributed by atoms with Crippen molar-refractivity contribution in [2.24, 2.45) is 0 Å². The number of esters is 1. The first-order valence-electron chi connectivity index (χ1n) is 10.2. The minimum absolute atomic E-state index is 0.0570. The molecule has 1 aliphatic rings. The Morgan fingerprint density at radius 3 is 2.47 bits per heavy atom. The van der Waals surface area contributed by atoms with E-state index in [-0.39, 0.29) is 22.6 Å². The Morgan fingerprint density at radius 1 is 1.06 bits per heavy atom. The van der Waals surface area contributed by atoms with Crippen LogP contribution in [0.2, 0.25) is 0 Å². The Morgan fingerprint density at radius 2 is 1.74 bits per heavy atom. The van der Waals surface area contributed by atoms with Crippen molar-refractivity contribution in [1.82, 2.24) is 8.87 Å². The van der Waals surface area contributed by atoms with Crippen LogP contribution >= 0.6 is 0 Å². The van der Waals surface area contributed by atoms with Gasteiger partial charge in [-0.1, -0.05) is 30.3 Å². The number of likely N-dealkylation sites (N-methyl/N-ethyl adjacent to an activating group) is 1. The molecule has 0 spiro atoms. The van der Waals surface area contributed by atoms with E-state index in [2.05, 4.69) is 4.74 Å². The van der Waals surface area contributed by atoms with Crippen molar-refractivity contribution in [2.75, 3.05) is 14.2 Å². The number of methoxy groups -OCH3 is 1. The third-order valence-corrected chi connectivity index (χ3v) is 7.54. The first kappa shape index (κ1) is 23.3. The van der Waals surface area contributed by atoms with Crippen LogP contribution in [0, 0.1) is 0 Å². The second kappa shape index (κ2) is 8.81. The van der Waals surface area contributed by atoms with Crippen molar-refractivity contribution in [3.8, 4) is 0 Å². The highest BCUT2D eigenvalue weighted by atomic mass is 32.2. The van der Waals surface area contributed by atoms with Crippen LogP contribution in [-0.2, 0) is 30.9 Å². The number of nitrogens with zero attached hydrogens (tertiary/aromatic N) is 2. The maximum absolute atomic E-state index is 13.0. The summed E-state index contributed by atoms with van der Waals surface area (Å²) in [6.45, 7) is -0.329. The van der Waals surface area contributed by atoms with Crippen molar-refractivity contribution < 1.29 is 27.5 Å². The fourth-order valence-corrected chi connectivity index (χ4v) is 5.38. The van der Waals surface area contributed by atoms with Gasteiger partial charge in [-0.05, 0) is 41.8 Å². The van der Waals surface area contributed by atoms with E-state index < -0.39 is 39.2 Å². The number of benzene rings is 2. The Labute approximate surface area is 194 Å². The molecule has 1 atom stereocenters. The number of carbonyl (C=O) groups excluding carboxylic acids is 3. The third-order valence-electron chi connectivity index (χ3n) is 5.66. The number of sulfonamides is 1. The minimum Gasteiger partial charge on any atom is -0.468 e. The molecule has 0 radical (unpaired) electrons. The van der Waals surface area contributed by atoms with E-state index >= 15 is 0 Å². The number of para-hydroxylation sites is 1. The molecule has 0 saturated carbocycles. The van der Waals surface area contributed by atoms with Gasteiger partial charge in [0.1, 0.15) is 6.54 Å². The molecule has 9 nitrogen and oxygen atoms in total. The average molecular weight is 480 g/mol. The monoisotopic (exact) mass is 480 g/mol. The molecule has 34 heavy (non-hydrogen) atoms. The van der Waals surface area contributed by atoms with Gasteiger partial charge in [0.15, 0.2) is 17.6 Å². The summed E-state index contributed by atoms with van der Waals surface area (Å²) in [7, 11) is -1.67. The number of fused-ring (bicyclic) bond motifs is 2. The van der Waals surface area contributed by atoms with Crippen LogP contribution in [0.4, 0.5) is 0 Å². The molecule has 0 aliphatic carbocycles. The van der Waals surface area contributed by atoms with Crippen molar-refractivity contribution in [2.45, 2.75) is 17.5 Å². The summed E-state index contributed by atoms with van der Waals surface area (Å²) in [5.74, 6) is -2.07. The van der Waals surface area contributed by atoms with Crippen LogP contribution in [0.3, 0.4) is 0 Å². The van der Waals surface area contributed by atoms with Gasteiger partial charge in [-0.2, -0.15) is 4.31 Å². The van der Waals surface area contributed by atoms with Gasteiger partial charge in [-0.15, -0.1) is 0 Å². The normalized spacial score (nSPS) is 17.6. The summed E-state index contributed by atoms with van der Waals surface area (Å²) in [5, 5.41) is 0.639. The third kappa shape index (κ3) is 3.87. The van der Waals surface area contributed by atoms with Crippen LogP contribution in [0.15, 0.2) is 70.4 Å². The lowest BCUT2D eigenvalue weighted by Gasteiger charge is -2.30. The molecule has 0 saturated heterocycles. The van der Waals surface area contributed by atoms with E-state index in [1.54, 1.807) is 30.3 Å². The zero-order valence-corrected chi connectivity index (χ0v) is 19.1.